The van der Waals surface area contributed by atoms with Crippen LogP contribution in [0.3, 0.4) is 0 Å². The predicted octanol–water partition coefficient (Wildman–Crippen LogP) is 33.0. The van der Waals surface area contributed by atoms with Crippen LogP contribution in [0, 0.1) is 12.3 Å². The minimum atomic E-state index is -2.65. The molecule has 1 aromatic carbocycles. The van der Waals surface area contributed by atoms with Gasteiger partial charge in [0.05, 0.1) is 42.7 Å². The minimum absolute atomic E-state index is 0.00139. The zero-order valence-electron chi connectivity index (χ0n) is 90.8. The highest BCUT2D eigenvalue weighted by Crippen LogP contribution is 2.49. The number of ether oxygens (including phenoxy) is 1. The van der Waals surface area contributed by atoms with Gasteiger partial charge in [0.1, 0.15) is 17.4 Å². The molecule has 1 rings (SSSR count). The van der Waals surface area contributed by atoms with Crippen molar-refractivity contribution >= 4 is 86.9 Å². The average molecular weight is 1900 g/mol. The summed E-state index contributed by atoms with van der Waals surface area (Å²) in [4.78, 5) is 16.2. The first-order valence-corrected chi connectivity index (χ1v) is 73.5. The Morgan fingerprint density at radius 1 is 0.392 bits per heavy atom. The molecule has 0 heterocycles. The number of benzene rings is 1. The maximum atomic E-state index is 16.2. The van der Waals surface area contributed by atoms with E-state index in [1.807, 2.05) is 42.5 Å². The van der Waals surface area contributed by atoms with Gasteiger partial charge in [-0.3, -0.25) is 0 Å². The van der Waals surface area contributed by atoms with Gasteiger partial charge < -0.3 is 49.7 Å². The second-order valence-corrected chi connectivity index (χ2v) is 93.9. The number of rotatable bonds is 49. The number of carbonyl (C=O) groups is 1. The molecule has 0 aromatic heterocycles. The van der Waals surface area contributed by atoms with Gasteiger partial charge in [0.25, 0.3) is 8.32 Å². The molecule has 0 aliphatic heterocycles. The molecule has 21 heteroatoms. The quantitative estimate of drug-likeness (QED) is 0.0219. The van der Waals surface area contributed by atoms with Crippen molar-refractivity contribution < 1.29 is 54.5 Å². The zero-order chi connectivity index (χ0) is 97.9. The largest absolute Gasteiger partial charge is 0.542 e. The Labute approximate surface area is 783 Å². The van der Waals surface area contributed by atoms with E-state index in [1.54, 1.807) is 0 Å². The molecule has 0 aliphatic rings. The number of carbonyl (C=O) groups excluding carboxylic acids is 1. The monoisotopic (exact) mass is 1890 g/mol. The Hall–Kier alpha value is -2.18. The summed E-state index contributed by atoms with van der Waals surface area (Å²) in [5.74, 6) is 2.92. The third kappa shape index (κ3) is 39.0. The number of terminal acetylenes is 1. The van der Waals surface area contributed by atoms with Crippen molar-refractivity contribution in [3.05, 3.63) is 107 Å². The van der Waals surface area contributed by atoms with Crippen LogP contribution in [0.2, 0.25) is 162 Å². The first-order chi connectivity index (χ1) is 55.9. The maximum Gasteiger partial charge on any atom is 0.342 e. The standard InChI is InChI=1S/C104H200O12Si9/c1-52-61-81(8)70-92(114-123(48,49)103(30,31)32)76-90(113-122(46,47)102(27,28)29)68-60-66-88(111-120(42,43)100(21,22)23)75-91(73-84(11)109-118(38,39)98(15,16)17)107-96(106)95-85(64-58-69-94(95)116-125(78(2)3,79(4)5)80(6)7)63-57-55-53-54-56-62-82(9)71-93(115-124(50,51)104(33,34)35)77-89(112-121(44,45)101(24,25)26)67-59-65-87(110-119(40,41)99(18,19)20)74-86(105)72-83(10)108-117(36,37)97(12,13)14/h1,53-64,67-69,78-80,83-84,86-93,105H,65-66,70-77H2,2-51H3/b55-53+,56-54+,63-57+,67-59+,68-60+,81-61+,82-62+/t83-,84-,86-,87+,88+,89-,90-,91+,92+,93+/m1/s1. The maximum absolute atomic E-state index is 16.2. The third-order valence-corrected chi connectivity index (χ3v) is 72.3. The Morgan fingerprint density at radius 3 is 1.07 bits per heavy atom. The van der Waals surface area contributed by atoms with Crippen molar-refractivity contribution in [1.29, 1.82) is 0 Å². The van der Waals surface area contributed by atoms with Crippen molar-refractivity contribution in [3.8, 4) is 18.1 Å². The number of allylic oxidation sites excluding steroid dienone is 7. The van der Waals surface area contributed by atoms with E-state index < -0.39 is 93.0 Å². The van der Waals surface area contributed by atoms with Gasteiger partial charge in [-0.25, -0.2) is 4.79 Å². The highest BCUT2D eigenvalue weighted by atomic mass is 28.4. The van der Waals surface area contributed by atoms with Gasteiger partial charge in [0, 0.05) is 37.9 Å². The molecule has 0 amide bonds. The van der Waals surface area contributed by atoms with Crippen LogP contribution >= 0.6 is 0 Å². The molecule has 1 aromatic rings. The molecule has 12 nitrogen and oxygen atoms in total. The second-order valence-electron chi connectivity index (χ2n) is 50.5. The topological polar surface area (TPSA) is 130 Å². The second kappa shape index (κ2) is 47.8. The summed E-state index contributed by atoms with van der Waals surface area (Å²) in [6, 6.07) is 6.03. The molecule has 125 heavy (non-hydrogen) atoms. The van der Waals surface area contributed by atoms with Crippen molar-refractivity contribution in [2.24, 2.45) is 0 Å². The fourth-order valence-electron chi connectivity index (χ4n) is 14.2. The minimum Gasteiger partial charge on any atom is -0.542 e. The smallest absolute Gasteiger partial charge is 0.342 e. The van der Waals surface area contributed by atoms with E-state index in [-0.39, 0.29) is 106 Å². The first kappa shape index (κ1) is 121. The van der Waals surface area contributed by atoms with Crippen LogP contribution in [0.5, 0.6) is 5.75 Å². The molecule has 0 aliphatic carbocycles. The summed E-state index contributed by atoms with van der Waals surface area (Å²) in [5.41, 5.74) is 4.19. The number of esters is 1. The SMILES string of the molecule is C#C/C=C(\C)C[C@@H](C[C@@H](/C=C/C[C@@H](C[C@H](C[C@@H](C)O[Si](C)(C)C(C)(C)C)OC(=O)c1c(/C=C/C=C/C=C/C=C(\C)C[C@@H](C[C@@H](/C=C/C[C@@H](C[C@H](O)C[C@@H](C)O[Si](C)(C)C(C)(C)C)O[Si](C)(C)C(C)(C)C)O[Si](C)(C)C(C)(C)C)O[Si](C)(C)C(C)(C)C)cccc1O[Si](C(C)C)(C(C)C)C(C)C)O[Si](C)(C)C(C)(C)C)O[Si](C)(C)C(C)(C)C)O[Si](C)(C)C(C)(C)C. The van der Waals surface area contributed by atoms with Crippen LogP contribution in [0.4, 0.5) is 0 Å². The Kier molecular flexibility index (Phi) is 46.2. The lowest BCUT2D eigenvalue weighted by atomic mass is 10.0. The van der Waals surface area contributed by atoms with Crippen molar-refractivity contribution in [1.82, 2.24) is 0 Å². The predicted molar refractivity (Wildman–Crippen MR) is 569 cm³/mol. The summed E-state index contributed by atoms with van der Waals surface area (Å²) in [5, 5.41) is 11.7. The molecule has 0 saturated carbocycles. The van der Waals surface area contributed by atoms with Crippen LogP contribution in [-0.4, -0.2) is 147 Å². The molecule has 0 bridgehead atoms. The number of hydrogen-bond donors (Lipinski definition) is 1. The van der Waals surface area contributed by atoms with Crippen molar-refractivity contribution in [3.63, 3.8) is 0 Å². The van der Waals surface area contributed by atoms with Gasteiger partial charge in [-0.2, -0.15) is 0 Å². The van der Waals surface area contributed by atoms with E-state index in [4.69, 9.17) is 51.0 Å². The van der Waals surface area contributed by atoms with E-state index in [2.05, 4.69) is 395 Å². The van der Waals surface area contributed by atoms with Crippen molar-refractivity contribution in [2.75, 3.05) is 0 Å². The summed E-state index contributed by atoms with van der Waals surface area (Å²) >= 11 is 0. The van der Waals surface area contributed by atoms with Crippen LogP contribution in [0.1, 0.15) is 316 Å². The lowest BCUT2D eigenvalue weighted by Gasteiger charge is -2.42. The van der Waals surface area contributed by atoms with Crippen LogP contribution in [0.15, 0.2) is 96.2 Å². The van der Waals surface area contributed by atoms with Crippen LogP contribution in [0.25, 0.3) is 6.08 Å². The highest BCUT2D eigenvalue weighted by molar-refractivity contribution is 6.79. The molecule has 724 valence electrons. The molecule has 0 fully saturated rings. The number of aliphatic hydroxyl groups excluding tert-OH is 1. The third-order valence-electron chi connectivity index (χ3n) is 30.0. The van der Waals surface area contributed by atoms with E-state index in [9.17, 15) is 5.11 Å². The molecular weight excluding hydrogens is 1690 g/mol. The van der Waals surface area contributed by atoms with Crippen LogP contribution in [-0.2, 0) is 40.1 Å². The lowest BCUT2D eigenvalue weighted by Crippen LogP contribution is -2.51. The molecule has 10 atom stereocenters. The Bertz CT molecular complexity index is 3670. The molecule has 1 N–H and O–H groups in total. The van der Waals surface area contributed by atoms with Gasteiger partial charge in [0.15, 0.2) is 66.5 Å². The van der Waals surface area contributed by atoms with E-state index >= 15 is 4.79 Å². The van der Waals surface area contributed by atoms with Gasteiger partial charge in [-0.15, -0.1) is 6.42 Å². The van der Waals surface area contributed by atoms with Gasteiger partial charge in [0.2, 0.25) is 0 Å². The molecule has 0 unspecified atom stereocenters. The normalized spacial score (nSPS) is 17.5. The fourth-order valence-corrected chi connectivity index (χ4v) is 30.5. The first-order valence-electron chi connectivity index (χ1n) is 48.1. The summed E-state index contributed by atoms with van der Waals surface area (Å²) < 4.78 is 73.4. The summed E-state index contributed by atoms with van der Waals surface area (Å²) in [6.07, 6.45) is 34.8. The molecule has 0 spiro atoms. The summed E-state index contributed by atoms with van der Waals surface area (Å²) in [6.45, 7) is 115. The van der Waals surface area contributed by atoms with Crippen LogP contribution < -0.4 is 4.43 Å². The summed E-state index contributed by atoms with van der Waals surface area (Å²) in [7, 11) is -20.9. The Morgan fingerprint density at radius 2 is 0.712 bits per heavy atom. The molecule has 0 saturated heterocycles. The van der Waals surface area contributed by atoms with E-state index in [0.29, 0.717) is 69.1 Å². The van der Waals surface area contributed by atoms with E-state index in [1.165, 1.54) is 5.57 Å². The van der Waals surface area contributed by atoms with Crippen molar-refractivity contribution in [2.45, 2.75) is 522 Å². The fraction of sp³-hybridized carbons (Fsp3) is 0.779. The van der Waals surface area contributed by atoms with Gasteiger partial charge in [-0.1, -0.05) is 304 Å². The van der Waals surface area contributed by atoms with Gasteiger partial charge >= 0.3 is 5.97 Å². The Balaban J connectivity index is 4.45. The highest BCUT2D eigenvalue weighted by Gasteiger charge is 2.51. The molecular formula is C104H200O12Si9. The van der Waals surface area contributed by atoms with E-state index in [0.717, 1.165) is 17.6 Å². The molecule has 0 radical (unpaired) electrons. The lowest BCUT2D eigenvalue weighted by molar-refractivity contribution is 0.00255. The number of aliphatic hydroxyl groups is 1. The van der Waals surface area contributed by atoms with Gasteiger partial charge in [-0.05, 0) is 246 Å². The number of hydrogen-bond acceptors (Lipinski definition) is 12. The zero-order valence-corrected chi connectivity index (χ0v) is 99.8. The average Bonchev–Trinajstić information content (AvgIpc) is 0.772.